The summed E-state index contributed by atoms with van der Waals surface area (Å²) in [4.78, 5) is 0. The molecule has 1 aliphatic heterocycles. The lowest BCUT2D eigenvalue weighted by Gasteiger charge is -2.34. The van der Waals surface area contributed by atoms with Gasteiger partial charge in [0.1, 0.15) is 6.29 Å². The highest BCUT2D eigenvalue weighted by Gasteiger charge is 2.38. The smallest absolute Gasteiger partial charge is 0.109 e. The largest absolute Gasteiger partial charge is 0.304 e. The van der Waals surface area contributed by atoms with Gasteiger partial charge in [-0.15, -0.1) is 0 Å². The third kappa shape index (κ3) is 1.37. The van der Waals surface area contributed by atoms with Crippen molar-refractivity contribution in [2.24, 2.45) is 17.6 Å². The Bertz CT molecular complexity index is 153. The average molecular weight is 169 g/mol. The first-order chi connectivity index (χ1) is 5.66. The number of hydrogen-bond acceptors (Lipinski definition) is 3. The average Bonchev–Trinajstić information content (AvgIpc) is 2.30. The van der Waals surface area contributed by atoms with E-state index in [2.05, 4.69) is 24.5 Å². The van der Waals surface area contributed by atoms with Crippen LogP contribution in [0.2, 0.25) is 0 Å². The van der Waals surface area contributed by atoms with Gasteiger partial charge in [-0.05, 0) is 24.7 Å². The highest BCUT2D eigenvalue weighted by molar-refractivity contribution is 4.96. The Morgan fingerprint density at radius 2 is 1.42 bits per heavy atom. The Morgan fingerprint density at radius 1 is 1.00 bits per heavy atom. The SMILES string of the molecule is CC1CC2NC(N)NC2CC1C. The lowest BCUT2D eigenvalue weighted by atomic mass is 9.77. The fourth-order valence-corrected chi connectivity index (χ4v) is 2.47. The number of hydrogen-bond donors (Lipinski definition) is 3. The van der Waals surface area contributed by atoms with E-state index in [0.717, 1.165) is 11.8 Å². The van der Waals surface area contributed by atoms with E-state index < -0.39 is 0 Å². The highest BCUT2D eigenvalue weighted by Crippen LogP contribution is 2.31. The predicted octanol–water partition coefficient (Wildman–Crippen LogP) is 0.225. The molecule has 0 amide bonds. The van der Waals surface area contributed by atoms with E-state index in [4.69, 9.17) is 5.73 Å². The first-order valence-corrected chi connectivity index (χ1v) is 4.94. The van der Waals surface area contributed by atoms with E-state index in [1.54, 1.807) is 0 Å². The molecule has 0 aromatic carbocycles. The minimum atomic E-state index is 0.0255. The third-order valence-electron chi connectivity index (χ3n) is 3.50. The van der Waals surface area contributed by atoms with Crippen molar-refractivity contribution < 1.29 is 0 Å². The molecule has 0 bridgehead atoms. The number of nitrogens with two attached hydrogens (primary N) is 1. The van der Waals surface area contributed by atoms with Crippen LogP contribution in [0.15, 0.2) is 0 Å². The first kappa shape index (κ1) is 8.48. The molecular formula is C9H19N3. The van der Waals surface area contributed by atoms with Gasteiger partial charge < -0.3 is 5.73 Å². The van der Waals surface area contributed by atoms with Crippen molar-refractivity contribution in [2.45, 2.75) is 45.1 Å². The molecule has 0 aromatic rings. The van der Waals surface area contributed by atoms with Crippen LogP contribution in [0.25, 0.3) is 0 Å². The van der Waals surface area contributed by atoms with Gasteiger partial charge in [0.15, 0.2) is 0 Å². The molecule has 0 aromatic heterocycles. The lowest BCUT2D eigenvalue weighted by molar-refractivity contribution is 0.219. The minimum absolute atomic E-state index is 0.0255. The molecule has 1 saturated heterocycles. The molecule has 1 saturated carbocycles. The lowest BCUT2D eigenvalue weighted by Crippen LogP contribution is -2.42. The topological polar surface area (TPSA) is 50.1 Å². The van der Waals surface area contributed by atoms with Gasteiger partial charge in [0.25, 0.3) is 0 Å². The summed E-state index contributed by atoms with van der Waals surface area (Å²) in [7, 11) is 0. The maximum absolute atomic E-state index is 5.76. The molecule has 4 unspecified atom stereocenters. The maximum atomic E-state index is 5.76. The van der Waals surface area contributed by atoms with Crippen LogP contribution in [0.1, 0.15) is 26.7 Å². The zero-order valence-electron chi connectivity index (χ0n) is 7.88. The van der Waals surface area contributed by atoms with Gasteiger partial charge >= 0.3 is 0 Å². The molecule has 2 rings (SSSR count). The zero-order valence-corrected chi connectivity index (χ0v) is 7.88. The van der Waals surface area contributed by atoms with Crippen LogP contribution >= 0.6 is 0 Å². The molecule has 3 nitrogen and oxygen atoms in total. The second kappa shape index (κ2) is 2.98. The fourth-order valence-electron chi connectivity index (χ4n) is 2.47. The molecule has 70 valence electrons. The molecule has 3 heteroatoms. The summed E-state index contributed by atoms with van der Waals surface area (Å²) in [6.07, 6.45) is 2.57. The Balaban J connectivity index is 2.01. The fraction of sp³-hybridized carbons (Fsp3) is 1.00. The Kier molecular flexibility index (Phi) is 2.10. The third-order valence-corrected chi connectivity index (χ3v) is 3.50. The molecule has 2 aliphatic rings. The quantitative estimate of drug-likeness (QED) is 0.486. The summed E-state index contributed by atoms with van der Waals surface area (Å²) in [5.41, 5.74) is 5.76. The van der Waals surface area contributed by atoms with E-state index in [0.29, 0.717) is 12.1 Å². The van der Waals surface area contributed by atoms with Gasteiger partial charge in [-0.25, -0.2) is 0 Å². The minimum Gasteiger partial charge on any atom is -0.304 e. The van der Waals surface area contributed by atoms with Gasteiger partial charge in [-0.3, -0.25) is 10.6 Å². The maximum Gasteiger partial charge on any atom is 0.109 e. The van der Waals surface area contributed by atoms with Crippen LogP contribution in [-0.2, 0) is 0 Å². The van der Waals surface area contributed by atoms with Crippen molar-refractivity contribution in [1.29, 1.82) is 0 Å². The molecule has 12 heavy (non-hydrogen) atoms. The molecular weight excluding hydrogens is 150 g/mol. The van der Waals surface area contributed by atoms with Gasteiger partial charge in [0.05, 0.1) is 0 Å². The van der Waals surface area contributed by atoms with Crippen LogP contribution in [-0.4, -0.2) is 18.4 Å². The van der Waals surface area contributed by atoms with Crippen LogP contribution < -0.4 is 16.4 Å². The van der Waals surface area contributed by atoms with Crippen molar-refractivity contribution in [3.05, 3.63) is 0 Å². The molecule has 2 fully saturated rings. The Labute approximate surface area is 74.1 Å². The predicted molar refractivity (Wildman–Crippen MR) is 49.4 cm³/mol. The summed E-state index contributed by atoms with van der Waals surface area (Å²) in [5, 5.41) is 6.75. The van der Waals surface area contributed by atoms with Crippen molar-refractivity contribution in [2.75, 3.05) is 0 Å². The van der Waals surface area contributed by atoms with E-state index >= 15 is 0 Å². The second-order valence-electron chi connectivity index (χ2n) is 4.45. The van der Waals surface area contributed by atoms with Gasteiger partial charge in [-0.2, -0.15) is 0 Å². The highest BCUT2D eigenvalue weighted by atomic mass is 15.3. The van der Waals surface area contributed by atoms with Crippen LogP contribution in [0, 0.1) is 11.8 Å². The van der Waals surface area contributed by atoms with Crippen LogP contribution in [0.3, 0.4) is 0 Å². The van der Waals surface area contributed by atoms with Crippen molar-refractivity contribution in [3.8, 4) is 0 Å². The van der Waals surface area contributed by atoms with Crippen LogP contribution in [0.5, 0.6) is 0 Å². The summed E-state index contributed by atoms with van der Waals surface area (Å²) in [6.45, 7) is 4.68. The zero-order chi connectivity index (χ0) is 8.72. The van der Waals surface area contributed by atoms with E-state index in [1.165, 1.54) is 12.8 Å². The standard InChI is InChI=1S/C9H19N3/c1-5-3-7-8(4-6(5)2)12-9(10)11-7/h5-9,11-12H,3-4,10H2,1-2H3. The normalized spacial score (nSPS) is 53.8. The van der Waals surface area contributed by atoms with Gasteiger partial charge in [-0.1, -0.05) is 13.8 Å². The Morgan fingerprint density at radius 3 is 1.83 bits per heavy atom. The summed E-state index contributed by atoms with van der Waals surface area (Å²) in [6, 6.07) is 1.23. The molecule has 0 spiro atoms. The molecule has 0 radical (unpaired) electrons. The number of fused-ring (bicyclic) bond motifs is 1. The van der Waals surface area contributed by atoms with Crippen molar-refractivity contribution in [3.63, 3.8) is 0 Å². The monoisotopic (exact) mass is 169 g/mol. The Hall–Kier alpha value is -0.120. The number of nitrogens with one attached hydrogen (secondary N) is 2. The van der Waals surface area contributed by atoms with Gasteiger partial charge in [0, 0.05) is 12.1 Å². The first-order valence-electron chi connectivity index (χ1n) is 4.94. The van der Waals surface area contributed by atoms with Crippen molar-refractivity contribution in [1.82, 2.24) is 10.6 Å². The van der Waals surface area contributed by atoms with E-state index in [9.17, 15) is 0 Å². The summed E-state index contributed by atoms with van der Waals surface area (Å²) >= 11 is 0. The summed E-state index contributed by atoms with van der Waals surface area (Å²) in [5.74, 6) is 1.68. The van der Waals surface area contributed by atoms with E-state index in [1.807, 2.05) is 0 Å². The van der Waals surface area contributed by atoms with Gasteiger partial charge in [0.2, 0.25) is 0 Å². The molecule has 4 atom stereocenters. The molecule has 4 N–H and O–H groups in total. The number of rotatable bonds is 0. The summed E-state index contributed by atoms with van der Waals surface area (Å²) < 4.78 is 0. The molecule has 1 aliphatic carbocycles. The van der Waals surface area contributed by atoms with Crippen LogP contribution in [0.4, 0.5) is 0 Å². The van der Waals surface area contributed by atoms with Crippen molar-refractivity contribution >= 4 is 0 Å². The molecule has 1 heterocycles. The van der Waals surface area contributed by atoms with E-state index in [-0.39, 0.29) is 6.29 Å². The second-order valence-corrected chi connectivity index (χ2v) is 4.45.